The quantitative estimate of drug-likeness (QED) is 0.877. The van der Waals surface area contributed by atoms with Gasteiger partial charge in [0.25, 0.3) is 0 Å². The second-order valence-corrected chi connectivity index (χ2v) is 5.67. The second kappa shape index (κ2) is 6.62. The molecule has 104 valence electrons. The van der Waals surface area contributed by atoms with Crippen molar-refractivity contribution in [2.24, 2.45) is 0 Å². The summed E-state index contributed by atoms with van der Waals surface area (Å²) in [6, 6.07) is 19.0. The number of benzene rings is 2. The van der Waals surface area contributed by atoms with Crippen molar-refractivity contribution in [2.75, 3.05) is 12.0 Å². The van der Waals surface area contributed by atoms with E-state index in [1.165, 1.54) is 0 Å². The smallest absolute Gasteiger partial charge is 0.318 e. The number of carboxylic acids is 1. The molecule has 0 amide bonds. The number of thioether (sulfide) groups is 1. The van der Waals surface area contributed by atoms with Gasteiger partial charge in [0.05, 0.1) is 0 Å². The number of aliphatic carboxylic acids is 1. The summed E-state index contributed by atoms with van der Waals surface area (Å²) in [6.45, 7) is 0. The molecule has 0 fully saturated rings. The van der Waals surface area contributed by atoms with Crippen molar-refractivity contribution in [3.05, 3.63) is 71.8 Å². The Morgan fingerprint density at radius 3 is 1.80 bits per heavy atom. The molecule has 1 N–H and O–H groups in total. The fourth-order valence-corrected chi connectivity index (χ4v) is 3.02. The molecule has 20 heavy (non-hydrogen) atoms. The zero-order valence-corrected chi connectivity index (χ0v) is 12.3. The zero-order valence-electron chi connectivity index (χ0n) is 11.5. The average Bonchev–Trinajstić information content (AvgIpc) is 2.50. The summed E-state index contributed by atoms with van der Waals surface area (Å²) in [5.41, 5.74) is 0.714. The summed E-state index contributed by atoms with van der Waals surface area (Å²) in [4.78, 5) is 12.1. The highest BCUT2D eigenvalue weighted by Crippen LogP contribution is 2.37. The van der Waals surface area contributed by atoms with Crippen molar-refractivity contribution < 1.29 is 9.90 Å². The first-order valence-electron chi connectivity index (χ1n) is 6.55. The molecule has 0 aliphatic heterocycles. The molecule has 2 nitrogen and oxygen atoms in total. The molecule has 0 atom stereocenters. The van der Waals surface area contributed by atoms with E-state index in [0.29, 0.717) is 6.42 Å². The summed E-state index contributed by atoms with van der Waals surface area (Å²) < 4.78 is 0. The van der Waals surface area contributed by atoms with Crippen LogP contribution in [0.15, 0.2) is 60.7 Å². The van der Waals surface area contributed by atoms with Gasteiger partial charge in [-0.1, -0.05) is 60.7 Å². The summed E-state index contributed by atoms with van der Waals surface area (Å²) in [6.07, 6.45) is 2.58. The first-order valence-corrected chi connectivity index (χ1v) is 7.94. The Kier molecular flexibility index (Phi) is 4.85. The van der Waals surface area contributed by atoms with Gasteiger partial charge in [-0.15, -0.1) is 0 Å². The molecule has 0 unspecified atom stereocenters. The first-order chi connectivity index (χ1) is 9.71. The minimum absolute atomic E-state index is 0.581. The molecule has 0 aliphatic rings. The maximum Gasteiger partial charge on any atom is 0.318 e. The molecule has 0 spiro atoms. The molecule has 2 aromatic rings. The van der Waals surface area contributed by atoms with Gasteiger partial charge >= 0.3 is 5.97 Å². The standard InChI is InChI=1S/C17H18O2S/c1-20-13-12-17(16(18)19,14-8-4-2-5-9-14)15-10-6-3-7-11-15/h2-11H,12-13H2,1H3,(H,18,19). The van der Waals surface area contributed by atoms with Crippen LogP contribution in [-0.4, -0.2) is 23.1 Å². The summed E-state index contributed by atoms with van der Waals surface area (Å²) >= 11 is 1.67. The van der Waals surface area contributed by atoms with E-state index in [-0.39, 0.29) is 0 Å². The molecule has 0 saturated carbocycles. The van der Waals surface area contributed by atoms with Gasteiger partial charge in [0, 0.05) is 0 Å². The Balaban J connectivity index is 2.60. The lowest BCUT2D eigenvalue weighted by atomic mass is 9.72. The van der Waals surface area contributed by atoms with Crippen LogP contribution in [0.25, 0.3) is 0 Å². The minimum Gasteiger partial charge on any atom is -0.480 e. The average molecular weight is 286 g/mol. The van der Waals surface area contributed by atoms with E-state index >= 15 is 0 Å². The van der Waals surface area contributed by atoms with Crippen LogP contribution in [0.4, 0.5) is 0 Å². The highest BCUT2D eigenvalue weighted by molar-refractivity contribution is 7.98. The van der Waals surface area contributed by atoms with Gasteiger partial charge in [0.15, 0.2) is 0 Å². The fourth-order valence-electron chi connectivity index (χ4n) is 2.51. The summed E-state index contributed by atoms with van der Waals surface area (Å²) in [7, 11) is 0. The van der Waals surface area contributed by atoms with Gasteiger partial charge in [-0.2, -0.15) is 11.8 Å². The molecule has 0 radical (unpaired) electrons. The first kappa shape index (κ1) is 14.7. The van der Waals surface area contributed by atoms with E-state index in [1.807, 2.05) is 66.9 Å². The highest BCUT2D eigenvalue weighted by Gasteiger charge is 2.41. The third kappa shape index (κ3) is 2.73. The van der Waals surface area contributed by atoms with E-state index in [9.17, 15) is 9.90 Å². The van der Waals surface area contributed by atoms with Crippen molar-refractivity contribution in [3.8, 4) is 0 Å². The van der Waals surface area contributed by atoms with Crippen LogP contribution >= 0.6 is 11.8 Å². The van der Waals surface area contributed by atoms with Crippen LogP contribution in [0.2, 0.25) is 0 Å². The van der Waals surface area contributed by atoms with Crippen LogP contribution in [0.1, 0.15) is 17.5 Å². The molecule has 0 aliphatic carbocycles. The predicted molar refractivity (Wildman–Crippen MR) is 84.3 cm³/mol. The van der Waals surface area contributed by atoms with Crippen LogP contribution in [0.3, 0.4) is 0 Å². The number of hydrogen-bond acceptors (Lipinski definition) is 2. The fraction of sp³-hybridized carbons (Fsp3) is 0.235. The third-order valence-electron chi connectivity index (χ3n) is 3.58. The van der Waals surface area contributed by atoms with E-state index in [4.69, 9.17) is 0 Å². The maximum absolute atomic E-state index is 12.1. The molecule has 3 heteroatoms. The minimum atomic E-state index is -0.967. The predicted octanol–water partition coefficient (Wildman–Crippen LogP) is 3.81. The van der Waals surface area contributed by atoms with E-state index in [2.05, 4.69) is 0 Å². The largest absolute Gasteiger partial charge is 0.480 e. The molecule has 0 aromatic heterocycles. The van der Waals surface area contributed by atoms with Gasteiger partial charge in [-0.05, 0) is 29.6 Å². The van der Waals surface area contributed by atoms with Gasteiger partial charge in [-0.3, -0.25) is 4.79 Å². The maximum atomic E-state index is 12.1. The number of hydrogen-bond donors (Lipinski definition) is 1. The Morgan fingerprint density at radius 2 is 1.45 bits per heavy atom. The second-order valence-electron chi connectivity index (χ2n) is 4.69. The van der Waals surface area contributed by atoms with E-state index < -0.39 is 11.4 Å². The lowest BCUT2D eigenvalue weighted by Crippen LogP contribution is -2.37. The Labute approximate surface area is 123 Å². The molecule has 0 bridgehead atoms. The lowest BCUT2D eigenvalue weighted by Gasteiger charge is -2.30. The molecular formula is C17H18O2S. The van der Waals surface area contributed by atoms with Gasteiger partial charge in [-0.25, -0.2) is 0 Å². The van der Waals surface area contributed by atoms with Gasteiger partial charge in [0.2, 0.25) is 0 Å². The van der Waals surface area contributed by atoms with Crippen LogP contribution in [0, 0.1) is 0 Å². The number of carboxylic acid groups (broad SMARTS) is 1. The molecule has 0 heterocycles. The topological polar surface area (TPSA) is 37.3 Å². The SMILES string of the molecule is CSCCC(C(=O)O)(c1ccccc1)c1ccccc1. The Hall–Kier alpha value is -1.74. The van der Waals surface area contributed by atoms with Crippen LogP contribution < -0.4 is 0 Å². The zero-order chi connectivity index (χ0) is 14.4. The Morgan fingerprint density at radius 1 is 1.00 bits per heavy atom. The van der Waals surface area contributed by atoms with Crippen molar-refractivity contribution in [1.82, 2.24) is 0 Å². The van der Waals surface area contributed by atoms with E-state index in [0.717, 1.165) is 16.9 Å². The molecular weight excluding hydrogens is 268 g/mol. The van der Waals surface area contributed by atoms with Crippen molar-refractivity contribution in [1.29, 1.82) is 0 Å². The van der Waals surface area contributed by atoms with Crippen LogP contribution in [-0.2, 0) is 10.2 Å². The van der Waals surface area contributed by atoms with Crippen LogP contribution in [0.5, 0.6) is 0 Å². The normalized spacial score (nSPS) is 11.2. The van der Waals surface area contributed by atoms with Gasteiger partial charge < -0.3 is 5.11 Å². The monoisotopic (exact) mass is 286 g/mol. The summed E-state index contributed by atoms with van der Waals surface area (Å²) in [5, 5.41) is 9.95. The molecule has 2 aromatic carbocycles. The Bertz CT molecular complexity index is 512. The number of carbonyl (C=O) groups is 1. The number of rotatable bonds is 6. The summed E-state index contributed by atoms with van der Waals surface area (Å²) in [5.74, 6) is 0.0137. The van der Waals surface area contributed by atoms with Crippen molar-refractivity contribution in [2.45, 2.75) is 11.8 Å². The highest BCUT2D eigenvalue weighted by atomic mass is 32.2. The van der Waals surface area contributed by atoms with Gasteiger partial charge in [0.1, 0.15) is 5.41 Å². The van der Waals surface area contributed by atoms with Crippen molar-refractivity contribution >= 4 is 17.7 Å². The van der Waals surface area contributed by atoms with Crippen molar-refractivity contribution in [3.63, 3.8) is 0 Å². The lowest BCUT2D eigenvalue weighted by molar-refractivity contribution is -0.142. The van der Waals surface area contributed by atoms with E-state index in [1.54, 1.807) is 11.8 Å². The third-order valence-corrected chi connectivity index (χ3v) is 4.19. The molecule has 2 rings (SSSR count). The molecule has 0 saturated heterocycles.